The van der Waals surface area contributed by atoms with Gasteiger partial charge in [-0.2, -0.15) is 0 Å². The molecule has 0 saturated heterocycles. The van der Waals surface area contributed by atoms with Crippen LogP contribution in [0.3, 0.4) is 0 Å². The second-order valence-corrected chi connectivity index (χ2v) is 9.30. The third-order valence-electron chi connectivity index (χ3n) is 5.36. The number of hydrogen-bond acceptors (Lipinski definition) is 5. The highest BCUT2D eigenvalue weighted by Crippen LogP contribution is 2.28. The molecule has 0 heterocycles. The molecule has 1 aromatic carbocycles. The van der Waals surface area contributed by atoms with Gasteiger partial charge in [-0.05, 0) is 57.9 Å². The average molecular weight is 468 g/mol. The summed E-state index contributed by atoms with van der Waals surface area (Å²) in [6.07, 6.45) is 9.17. The maximum Gasteiger partial charge on any atom is 0.415 e. The van der Waals surface area contributed by atoms with Crippen LogP contribution in [0.25, 0.3) is 0 Å². The van der Waals surface area contributed by atoms with Crippen LogP contribution in [-0.4, -0.2) is 48.8 Å². The van der Waals surface area contributed by atoms with E-state index in [4.69, 9.17) is 14.2 Å². The van der Waals surface area contributed by atoms with E-state index in [0.717, 1.165) is 31.0 Å². The fraction of sp³-hybridized carbons (Fsp3) is 0.731. The van der Waals surface area contributed by atoms with Crippen molar-refractivity contribution in [2.75, 3.05) is 32.1 Å². The summed E-state index contributed by atoms with van der Waals surface area (Å²) in [5, 5.41) is 0. The Hall–Kier alpha value is -1.24. The van der Waals surface area contributed by atoms with Crippen LogP contribution in [0.2, 0.25) is 0 Å². The molecule has 0 aliphatic heterocycles. The lowest BCUT2D eigenvalue weighted by Gasteiger charge is -2.30. The van der Waals surface area contributed by atoms with E-state index in [1.165, 1.54) is 38.5 Å². The number of ether oxygens (including phenoxy) is 3. The van der Waals surface area contributed by atoms with Crippen molar-refractivity contribution in [1.82, 2.24) is 4.90 Å². The summed E-state index contributed by atoms with van der Waals surface area (Å²) in [6.45, 7) is 13.1. The molecular formula is C26H45NO4S. The molecule has 0 bridgehead atoms. The minimum atomic E-state index is -0.600. The number of rotatable bonds is 18. The van der Waals surface area contributed by atoms with Gasteiger partial charge in [0.25, 0.3) is 0 Å². The van der Waals surface area contributed by atoms with Gasteiger partial charge in [0.1, 0.15) is 5.75 Å². The first-order valence-corrected chi connectivity index (χ1v) is 13.4. The lowest BCUT2D eigenvalue weighted by molar-refractivity contribution is -0.210. The maximum absolute atomic E-state index is 12.1. The summed E-state index contributed by atoms with van der Waals surface area (Å²) < 4.78 is 17.9. The molecule has 184 valence electrons. The van der Waals surface area contributed by atoms with Gasteiger partial charge in [-0.25, -0.2) is 4.79 Å². The number of hydrogen-bond donors (Lipinski definition) is 0. The highest BCUT2D eigenvalue weighted by Gasteiger charge is 2.26. The van der Waals surface area contributed by atoms with Gasteiger partial charge in [0.2, 0.25) is 0 Å². The Labute approximate surface area is 200 Å². The van der Waals surface area contributed by atoms with Crippen LogP contribution in [0.1, 0.15) is 86.0 Å². The smallest absolute Gasteiger partial charge is 0.410 e. The number of unbranched alkanes of at least 4 members (excludes halogenated alkanes) is 6. The average Bonchev–Trinajstić information content (AvgIpc) is 2.79. The van der Waals surface area contributed by atoms with Gasteiger partial charge in [0.15, 0.2) is 5.79 Å². The standard InChI is InChI=1S/C26H45NO4S/c1-6-10-12-14-20-29-26(5,30-21-15-13-11-7-2)22-32-24-18-16-23(17-19-24)31-25(28)27(8-3)9-4/h16-19H,6-15,20-22H2,1-5H3. The molecule has 0 unspecified atom stereocenters. The molecule has 0 atom stereocenters. The highest BCUT2D eigenvalue weighted by atomic mass is 32.2. The summed E-state index contributed by atoms with van der Waals surface area (Å²) in [7, 11) is 0. The Morgan fingerprint density at radius 2 is 1.38 bits per heavy atom. The van der Waals surface area contributed by atoms with Crippen molar-refractivity contribution in [3.8, 4) is 5.75 Å². The summed E-state index contributed by atoms with van der Waals surface area (Å²) in [5.41, 5.74) is 0. The number of nitrogens with zero attached hydrogens (tertiary/aromatic N) is 1. The van der Waals surface area contributed by atoms with E-state index in [9.17, 15) is 4.79 Å². The molecular weight excluding hydrogens is 422 g/mol. The Bertz CT molecular complexity index is 590. The lowest BCUT2D eigenvalue weighted by atomic mass is 10.2. The van der Waals surface area contributed by atoms with Gasteiger partial charge >= 0.3 is 6.09 Å². The molecule has 0 fully saturated rings. The van der Waals surface area contributed by atoms with Crippen LogP contribution in [-0.2, 0) is 9.47 Å². The van der Waals surface area contributed by atoms with E-state index in [-0.39, 0.29) is 6.09 Å². The number of amides is 1. The third kappa shape index (κ3) is 12.1. The van der Waals surface area contributed by atoms with Gasteiger partial charge in [0.05, 0.1) is 19.0 Å². The summed E-state index contributed by atoms with van der Waals surface area (Å²) in [5.74, 6) is 0.678. The van der Waals surface area contributed by atoms with E-state index in [0.29, 0.717) is 24.6 Å². The number of thioether (sulfide) groups is 1. The van der Waals surface area contributed by atoms with Crippen molar-refractivity contribution in [3.05, 3.63) is 24.3 Å². The number of carbonyl (C=O) groups is 1. The van der Waals surface area contributed by atoms with E-state index in [2.05, 4.69) is 20.8 Å². The molecule has 0 aliphatic carbocycles. The molecule has 0 aromatic heterocycles. The van der Waals surface area contributed by atoms with Crippen molar-refractivity contribution in [2.24, 2.45) is 0 Å². The molecule has 32 heavy (non-hydrogen) atoms. The van der Waals surface area contributed by atoms with Crippen LogP contribution < -0.4 is 4.74 Å². The fourth-order valence-corrected chi connectivity index (χ4v) is 4.15. The highest BCUT2D eigenvalue weighted by molar-refractivity contribution is 7.99. The van der Waals surface area contributed by atoms with E-state index < -0.39 is 5.79 Å². The van der Waals surface area contributed by atoms with Crippen LogP contribution in [0.5, 0.6) is 5.75 Å². The first-order valence-electron chi connectivity index (χ1n) is 12.5. The topological polar surface area (TPSA) is 48.0 Å². The number of carbonyl (C=O) groups excluding carboxylic acids is 1. The summed E-state index contributed by atoms with van der Waals surface area (Å²) >= 11 is 1.71. The third-order valence-corrected chi connectivity index (χ3v) is 6.64. The van der Waals surface area contributed by atoms with Gasteiger partial charge in [-0.3, -0.25) is 0 Å². The second-order valence-electron chi connectivity index (χ2n) is 8.25. The maximum atomic E-state index is 12.1. The SMILES string of the molecule is CCCCCCOC(C)(CSc1ccc(OC(=O)N(CC)CC)cc1)OCCCCCC. The minimum absolute atomic E-state index is 0.309. The van der Waals surface area contributed by atoms with Crippen molar-refractivity contribution >= 4 is 17.9 Å². The zero-order valence-corrected chi connectivity index (χ0v) is 21.8. The molecule has 6 heteroatoms. The lowest BCUT2D eigenvalue weighted by Crippen LogP contribution is -2.36. The van der Waals surface area contributed by atoms with Gasteiger partial charge in [0, 0.05) is 18.0 Å². The Balaban J connectivity index is 2.59. The van der Waals surface area contributed by atoms with Crippen molar-refractivity contribution in [2.45, 2.75) is 96.7 Å². The van der Waals surface area contributed by atoms with Crippen LogP contribution in [0.15, 0.2) is 29.2 Å². The molecule has 0 radical (unpaired) electrons. The predicted octanol–water partition coefficient (Wildman–Crippen LogP) is 7.53. The van der Waals surface area contributed by atoms with Gasteiger partial charge < -0.3 is 19.1 Å². The largest absolute Gasteiger partial charge is 0.415 e. The molecule has 5 nitrogen and oxygen atoms in total. The molecule has 0 N–H and O–H groups in total. The Morgan fingerprint density at radius 3 is 1.84 bits per heavy atom. The molecule has 0 aliphatic rings. The van der Waals surface area contributed by atoms with Gasteiger partial charge in [-0.15, -0.1) is 11.8 Å². The van der Waals surface area contributed by atoms with Crippen LogP contribution in [0.4, 0.5) is 4.79 Å². The zero-order valence-electron chi connectivity index (χ0n) is 21.0. The normalized spacial score (nSPS) is 11.5. The van der Waals surface area contributed by atoms with Crippen molar-refractivity contribution in [1.29, 1.82) is 0 Å². The second kappa shape index (κ2) is 17.3. The monoisotopic (exact) mass is 467 g/mol. The summed E-state index contributed by atoms with van der Waals surface area (Å²) in [6, 6.07) is 7.66. The van der Waals surface area contributed by atoms with Crippen LogP contribution >= 0.6 is 11.8 Å². The fourth-order valence-electron chi connectivity index (χ4n) is 3.22. The Kier molecular flexibility index (Phi) is 15.5. The zero-order chi connectivity index (χ0) is 23.7. The predicted molar refractivity (Wildman–Crippen MR) is 135 cm³/mol. The van der Waals surface area contributed by atoms with E-state index in [1.54, 1.807) is 16.7 Å². The van der Waals surface area contributed by atoms with Crippen LogP contribution in [0, 0.1) is 0 Å². The summed E-state index contributed by atoms with van der Waals surface area (Å²) in [4.78, 5) is 14.9. The molecule has 1 aromatic rings. The quantitative estimate of drug-likeness (QED) is 0.127. The van der Waals surface area contributed by atoms with E-state index in [1.807, 2.05) is 38.1 Å². The first kappa shape index (κ1) is 28.8. The molecule has 0 saturated carbocycles. The van der Waals surface area contributed by atoms with E-state index >= 15 is 0 Å². The van der Waals surface area contributed by atoms with Gasteiger partial charge in [-0.1, -0.05) is 52.4 Å². The minimum Gasteiger partial charge on any atom is -0.410 e. The van der Waals surface area contributed by atoms with Crippen molar-refractivity contribution < 1.29 is 19.0 Å². The Morgan fingerprint density at radius 1 is 0.844 bits per heavy atom. The molecule has 1 rings (SSSR count). The molecule has 0 spiro atoms. The number of benzene rings is 1. The molecule has 1 amide bonds. The first-order chi connectivity index (χ1) is 15.5. The van der Waals surface area contributed by atoms with Crippen molar-refractivity contribution in [3.63, 3.8) is 0 Å².